The number of piperazine rings is 1. The Balaban J connectivity index is 1.29. The Morgan fingerprint density at radius 1 is 1.13 bits per heavy atom. The SMILES string of the molecule is CC(C)(C)OC(=O)N1CCN(C(=O)N[C@H]2CC3=C(c4ccn(C(F)F)n4)[C@H](c4ccc(F)cc4Cl)N=C(c4nccs4)N3C2)CC1. The number of hydrogen-bond acceptors (Lipinski definition) is 8. The molecule has 2 fully saturated rings. The largest absolute Gasteiger partial charge is 0.444 e. The molecule has 3 aliphatic heterocycles. The molecule has 5 heterocycles. The maximum absolute atomic E-state index is 14.1. The molecular formula is C30H32ClF3N8O3S. The molecule has 1 aromatic carbocycles. The Hall–Kier alpha value is -4.11. The number of nitrogens with zero attached hydrogens (tertiary/aromatic N) is 7. The molecule has 46 heavy (non-hydrogen) atoms. The van der Waals surface area contributed by atoms with Crippen LogP contribution < -0.4 is 5.32 Å². The third-order valence-corrected chi connectivity index (χ3v) is 8.87. The van der Waals surface area contributed by atoms with Crippen molar-refractivity contribution in [2.45, 2.75) is 51.4 Å². The zero-order valence-electron chi connectivity index (χ0n) is 25.3. The van der Waals surface area contributed by atoms with Crippen molar-refractivity contribution >= 4 is 46.5 Å². The van der Waals surface area contributed by atoms with Crippen molar-refractivity contribution in [1.82, 2.24) is 34.8 Å². The lowest BCUT2D eigenvalue weighted by Gasteiger charge is -2.36. The Morgan fingerprint density at radius 3 is 2.50 bits per heavy atom. The number of benzene rings is 1. The zero-order valence-corrected chi connectivity index (χ0v) is 26.9. The summed E-state index contributed by atoms with van der Waals surface area (Å²) in [5.41, 5.74) is 1.35. The first-order valence-electron chi connectivity index (χ1n) is 14.7. The van der Waals surface area contributed by atoms with Crippen LogP contribution in [-0.2, 0) is 4.74 Å². The third kappa shape index (κ3) is 6.56. The van der Waals surface area contributed by atoms with Crippen LogP contribution in [0.2, 0.25) is 5.02 Å². The molecule has 1 N–H and O–H groups in total. The van der Waals surface area contributed by atoms with E-state index in [-0.39, 0.29) is 22.8 Å². The zero-order chi connectivity index (χ0) is 32.7. The number of alkyl halides is 2. The normalized spacial score (nSPS) is 20.3. The van der Waals surface area contributed by atoms with Gasteiger partial charge in [-0.3, -0.25) is 4.99 Å². The van der Waals surface area contributed by atoms with E-state index in [1.165, 1.54) is 41.8 Å². The first kappa shape index (κ1) is 31.9. The number of ether oxygens (including phenoxy) is 1. The molecule has 11 nitrogen and oxygen atoms in total. The minimum atomic E-state index is -2.85. The predicted molar refractivity (Wildman–Crippen MR) is 166 cm³/mol. The number of fused-ring (bicyclic) bond motifs is 1. The summed E-state index contributed by atoms with van der Waals surface area (Å²) in [6.45, 7) is 4.22. The number of aromatic nitrogens is 3. The van der Waals surface area contributed by atoms with Crippen LogP contribution in [-0.4, -0.2) is 91.8 Å². The van der Waals surface area contributed by atoms with Crippen LogP contribution in [0.4, 0.5) is 22.8 Å². The highest BCUT2D eigenvalue weighted by Gasteiger charge is 2.42. The number of hydrogen-bond donors (Lipinski definition) is 1. The van der Waals surface area contributed by atoms with Gasteiger partial charge in [0, 0.05) is 78.8 Å². The standard InChI is InChI=1S/C30H32ClF3N8O3S/c1-30(2,3)45-29(44)40-11-9-39(10-12-40)28(43)36-18-15-22-23(21-6-8-42(38-21)27(33)34)24(19-5-4-17(32)14-20(19)31)37-25(41(22)16-18)26-35-7-13-46-26/h4-8,13-14,18,24,27H,9-12,15-16H2,1-3H3,(H,36,43)/t18-,24-/m0/s1. The van der Waals surface area contributed by atoms with E-state index in [4.69, 9.17) is 21.3 Å². The molecule has 3 amide bonds. The van der Waals surface area contributed by atoms with E-state index >= 15 is 0 Å². The van der Waals surface area contributed by atoms with Crippen LogP contribution in [0, 0.1) is 5.82 Å². The first-order chi connectivity index (χ1) is 21.9. The molecule has 6 rings (SSSR count). The molecule has 244 valence electrons. The Morgan fingerprint density at radius 2 is 1.87 bits per heavy atom. The Labute approximate surface area is 272 Å². The molecule has 2 aromatic heterocycles. The summed E-state index contributed by atoms with van der Waals surface area (Å²) in [6.07, 6.45) is 2.75. The second-order valence-electron chi connectivity index (χ2n) is 12.1. The van der Waals surface area contributed by atoms with Crippen molar-refractivity contribution in [3.8, 4) is 0 Å². The molecule has 0 spiro atoms. The topological polar surface area (TPSA) is 108 Å². The predicted octanol–water partition coefficient (Wildman–Crippen LogP) is 5.78. The maximum Gasteiger partial charge on any atom is 0.410 e. The fourth-order valence-electron chi connectivity index (χ4n) is 5.74. The highest BCUT2D eigenvalue weighted by atomic mass is 35.5. The summed E-state index contributed by atoms with van der Waals surface area (Å²) in [5, 5.41) is 9.81. The fourth-order valence-corrected chi connectivity index (χ4v) is 6.65. The van der Waals surface area contributed by atoms with Gasteiger partial charge in [-0.1, -0.05) is 17.7 Å². The van der Waals surface area contributed by atoms with Crippen LogP contribution in [0.1, 0.15) is 56.0 Å². The van der Waals surface area contributed by atoms with Crippen molar-refractivity contribution in [3.05, 3.63) is 74.8 Å². The van der Waals surface area contributed by atoms with Gasteiger partial charge in [-0.05, 0) is 39.0 Å². The average molecular weight is 677 g/mol. The Kier molecular flexibility index (Phi) is 8.72. The lowest BCUT2D eigenvalue weighted by Crippen LogP contribution is -2.55. The van der Waals surface area contributed by atoms with Crippen LogP contribution in [0.3, 0.4) is 0 Å². The van der Waals surface area contributed by atoms with E-state index in [2.05, 4.69) is 15.4 Å². The first-order valence-corrected chi connectivity index (χ1v) is 15.9. The summed E-state index contributed by atoms with van der Waals surface area (Å²) in [6, 6.07) is 3.98. The van der Waals surface area contributed by atoms with Gasteiger partial charge in [0.1, 0.15) is 17.5 Å². The molecule has 3 aliphatic rings. The quantitative estimate of drug-likeness (QED) is 0.367. The molecule has 16 heteroatoms. The average Bonchev–Trinajstić information content (AvgIpc) is 3.77. The van der Waals surface area contributed by atoms with Gasteiger partial charge in [-0.2, -0.15) is 13.9 Å². The Bertz CT molecular complexity index is 1680. The van der Waals surface area contributed by atoms with E-state index < -0.39 is 30.1 Å². The van der Waals surface area contributed by atoms with Gasteiger partial charge in [-0.25, -0.2) is 23.6 Å². The minimum absolute atomic E-state index is 0.125. The molecular weight excluding hydrogens is 645 g/mol. The van der Waals surface area contributed by atoms with Crippen molar-refractivity contribution in [1.29, 1.82) is 0 Å². The van der Waals surface area contributed by atoms with Gasteiger partial charge < -0.3 is 24.8 Å². The number of amidine groups is 1. The van der Waals surface area contributed by atoms with E-state index in [9.17, 15) is 22.8 Å². The number of halogens is 4. The number of nitrogens with one attached hydrogen (secondary N) is 1. The number of aliphatic imine (C=N–C) groups is 1. The molecule has 0 saturated carbocycles. The van der Waals surface area contributed by atoms with E-state index in [1.807, 2.05) is 10.3 Å². The second-order valence-corrected chi connectivity index (χ2v) is 13.4. The van der Waals surface area contributed by atoms with Crippen LogP contribution in [0.5, 0.6) is 0 Å². The molecule has 0 aliphatic carbocycles. The summed E-state index contributed by atoms with van der Waals surface area (Å²) in [5.74, 6) is -0.00257. The second kappa shape index (κ2) is 12.6. The molecule has 0 bridgehead atoms. The van der Waals surface area contributed by atoms with Crippen LogP contribution >= 0.6 is 22.9 Å². The van der Waals surface area contributed by atoms with E-state index in [1.54, 1.807) is 36.8 Å². The lowest BCUT2D eigenvalue weighted by molar-refractivity contribution is 0.0169. The van der Waals surface area contributed by atoms with E-state index in [0.717, 1.165) is 0 Å². The van der Waals surface area contributed by atoms with E-state index in [0.29, 0.717) is 71.5 Å². The van der Waals surface area contributed by atoms with Gasteiger partial charge in [0.15, 0.2) is 10.8 Å². The summed E-state index contributed by atoms with van der Waals surface area (Å²) in [7, 11) is 0. The number of carbonyl (C=O) groups excluding carboxylic acids is 2. The fraction of sp³-hybridized carbons (Fsp3) is 0.433. The number of rotatable bonds is 5. The van der Waals surface area contributed by atoms with Gasteiger partial charge in [0.25, 0.3) is 0 Å². The lowest BCUT2D eigenvalue weighted by atomic mass is 9.92. The summed E-state index contributed by atoms with van der Waals surface area (Å²) < 4.78 is 47.3. The van der Waals surface area contributed by atoms with Gasteiger partial charge in [-0.15, -0.1) is 11.3 Å². The van der Waals surface area contributed by atoms with Crippen LogP contribution in [0.15, 0.2) is 52.7 Å². The molecule has 0 radical (unpaired) electrons. The van der Waals surface area contributed by atoms with Crippen molar-refractivity contribution in [2.75, 3.05) is 32.7 Å². The number of carbonyl (C=O) groups is 2. The highest BCUT2D eigenvalue weighted by molar-refractivity contribution is 7.11. The highest BCUT2D eigenvalue weighted by Crippen LogP contribution is 2.46. The molecule has 0 unspecified atom stereocenters. The van der Waals surface area contributed by atoms with Crippen LogP contribution in [0.25, 0.3) is 5.57 Å². The number of thiazole rings is 1. The monoisotopic (exact) mass is 676 g/mol. The van der Waals surface area contributed by atoms with Crippen molar-refractivity contribution < 1.29 is 27.5 Å². The smallest absolute Gasteiger partial charge is 0.410 e. The molecule has 2 saturated heterocycles. The molecule has 3 aromatic rings. The summed E-state index contributed by atoms with van der Waals surface area (Å²) in [4.78, 5) is 40.5. The van der Waals surface area contributed by atoms with Crippen molar-refractivity contribution in [2.24, 2.45) is 4.99 Å². The summed E-state index contributed by atoms with van der Waals surface area (Å²) >= 11 is 7.91. The van der Waals surface area contributed by atoms with Gasteiger partial charge in [0.05, 0.1) is 11.7 Å². The minimum Gasteiger partial charge on any atom is -0.444 e. The van der Waals surface area contributed by atoms with Gasteiger partial charge >= 0.3 is 18.7 Å². The molecule has 2 atom stereocenters. The maximum atomic E-state index is 14.1. The van der Waals surface area contributed by atoms with Crippen molar-refractivity contribution in [3.63, 3.8) is 0 Å². The third-order valence-electron chi connectivity index (χ3n) is 7.77. The van der Waals surface area contributed by atoms with Gasteiger partial charge in [0.2, 0.25) is 0 Å². The number of urea groups is 1. The number of amides is 3.